The van der Waals surface area contributed by atoms with Gasteiger partial charge in [0.2, 0.25) is 0 Å². The summed E-state index contributed by atoms with van der Waals surface area (Å²) in [7, 11) is 0. The van der Waals surface area contributed by atoms with E-state index < -0.39 is 0 Å². The SMILES string of the molecule is CCOC(=O)c1ccc(-n2nnnc2CCCN)cc1. The van der Waals surface area contributed by atoms with Crippen molar-refractivity contribution in [3.63, 3.8) is 0 Å². The van der Waals surface area contributed by atoms with Crippen LogP contribution in [-0.2, 0) is 11.2 Å². The van der Waals surface area contributed by atoms with Crippen LogP contribution in [-0.4, -0.2) is 39.3 Å². The maximum Gasteiger partial charge on any atom is 0.338 e. The number of esters is 1. The smallest absolute Gasteiger partial charge is 0.338 e. The molecule has 0 aliphatic heterocycles. The van der Waals surface area contributed by atoms with Crippen molar-refractivity contribution in [1.29, 1.82) is 0 Å². The molecule has 0 amide bonds. The summed E-state index contributed by atoms with van der Waals surface area (Å²) in [5, 5.41) is 11.6. The first-order valence-electron chi connectivity index (χ1n) is 6.51. The highest BCUT2D eigenvalue weighted by Gasteiger charge is 2.10. The molecule has 0 bridgehead atoms. The van der Waals surface area contributed by atoms with E-state index in [9.17, 15) is 4.79 Å². The topological polar surface area (TPSA) is 95.9 Å². The maximum atomic E-state index is 11.6. The van der Waals surface area contributed by atoms with Gasteiger partial charge in [-0.05, 0) is 54.6 Å². The molecule has 0 aliphatic rings. The van der Waals surface area contributed by atoms with E-state index in [2.05, 4.69) is 15.5 Å². The van der Waals surface area contributed by atoms with Gasteiger partial charge in [0, 0.05) is 6.42 Å². The van der Waals surface area contributed by atoms with Gasteiger partial charge in [-0.1, -0.05) is 0 Å². The Balaban J connectivity index is 2.17. The molecule has 0 saturated carbocycles. The average Bonchev–Trinajstić information content (AvgIpc) is 2.94. The van der Waals surface area contributed by atoms with Crippen LogP contribution in [0.3, 0.4) is 0 Å². The molecule has 0 atom stereocenters. The molecule has 0 radical (unpaired) electrons. The molecule has 0 spiro atoms. The molecule has 2 rings (SSSR count). The minimum absolute atomic E-state index is 0.334. The van der Waals surface area contributed by atoms with E-state index in [0.717, 1.165) is 17.9 Å². The summed E-state index contributed by atoms with van der Waals surface area (Å²) >= 11 is 0. The number of benzene rings is 1. The summed E-state index contributed by atoms with van der Waals surface area (Å²) in [5.41, 5.74) is 6.79. The third-order valence-corrected chi connectivity index (χ3v) is 2.76. The molecule has 106 valence electrons. The molecule has 0 unspecified atom stereocenters. The molecule has 2 N–H and O–H groups in total. The van der Waals surface area contributed by atoms with Crippen LogP contribution in [0.4, 0.5) is 0 Å². The van der Waals surface area contributed by atoms with Gasteiger partial charge < -0.3 is 10.5 Å². The number of aryl methyl sites for hydroxylation is 1. The minimum atomic E-state index is -0.334. The highest BCUT2D eigenvalue weighted by Crippen LogP contribution is 2.11. The van der Waals surface area contributed by atoms with Crippen molar-refractivity contribution >= 4 is 5.97 Å². The first-order chi connectivity index (χ1) is 9.76. The Morgan fingerprint density at radius 1 is 1.35 bits per heavy atom. The number of aromatic nitrogens is 4. The van der Waals surface area contributed by atoms with E-state index in [0.29, 0.717) is 25.1 Å². The molecule has 20 heavy (non-hydrogen) atoms. The zero-order chi connectivity index (χ0) is 14.4. The standard InChI is InChI=1S/C13H17N5O2/c1-2-20-13(19)10-5-7-11(8-6-10)18-12(4-3-9-14)15-16-17-18/h5-8H,2-4,9,14H2,1H3. The van der Waals surface area contributed by atoms with E-state index in [1.54, 1.807) is 35.9 Å². The zero-order valence-corrected chi connectivity index (χ0v) is 11.3. The summed E-state index contributed by atoms with van der Waals surface area (Å²) in [6, 6.07) is 6.96. The highest BCUT2D eigenvalue weighted by atomic mass is 16.5. The summed E-state index contributed by atoms with van der Waals surface area (Å²) in [4.78, 5) is 11.6. The largest absolute Gasteiger partial charge is 0.462 e. The quantitative estimate of drug-likeness (QED) is 0.781. The first-order valence-corrected chi connectivity index (χ1v) is 6.51. The molecule has 7 nitrogen and oxygen atoms in total. The number of nitrogens with two attached hydrogens (primary N) is 1. The maximum absolute atomic E-state index is 11.6. The Labute approximate surface area is 116 Å². The third kappa shape index (κ3) is 3.18. The lowest BCUT2D eigenvalue weighted by atomic mass is 10.2. The van der Waals surface area contributed by atoms with Crippen molar-refractivity contribution in [1.82, 2.24) is 20.2 Å². The van der Waals surface area contributed by atoms with Gasteiger partial charge in [-0.15, -0.1) is 5.10 Å². The number of carbonyl (C=O) groups excluding carboxylic acids is 1. The Hall–Kier alpha value is -2.28. The number of hydrogen-bond donors (Lipinski definition) is 1. The van der Waals surface area contributed by atoms with Crippen LogP contribution in [0.5, 0.6) is 0 Å². The predicted octanol–water partition coefficient (Wildman–Crippen LogP) is 0.730. The number of hydrogen-bond acceptors (Lipinski definition) is 6. The van der Waals surface area contributed by atoms with E-state index in [-0.39, 0.29) is 5.97 Å². The number of ether oxygens (including phenoxy) is 1. The van der Waals surface area contributed by atoms with Crippen molar-refractivity contribution in [2.24, 2.45) is 5.73 Å². The Kier molecular flexibility index (Phi) is 4.78. The van der Waals surface area contributed by atoms with Gasteiger partial charge in [-0.2, -0.15) is 4.68 Å². The third-order valence-electron chi connectivity index (χ3n) is 2.76. The van der Waals surface area contributed by atoms with Crippen LogP contribution in [0, 0.1) is 0 Å². The normalized spacial score (nSPS) is 10.5. The van der Waals surface area contributed by atoms with Crippen molar-refractivity contribution in [3.8, 4) is 5.69 Å². The van der Waals surface area contributed by atoms with Gasteiger partial charge in [-0.3, -0.25) is 0 Å². The van der Waals surface area contributed by atoms with E-state index >= 15 is 0 Å². The number of tetrazole rings is 1. The van der Waals surface area contributed by atoms with Crippen molar-refractivity contribution in [3.05, 3.63) is 35.7 Å². The minimum Gasteiger partial charge on any atom is -0.462 e. The van der Waals surface area contributed by atoms with Crippen molar-refractivity contribution in [2.75, 3.05) is 13.2 Å². The van der Waals surface area contributed by atoms with Crippen molar-refractivity contribution in [2.45, 2.75) is 19.8 Å². The summed E-state index contributed by atoms with van der Waals surface area (Å²) in [6.07, 6.45) is 1.53. The van der Waals surface area contributed by atoms with Gasteiger partial charge >= 0.3 is 5.97 Å². The molecule has 0 saturated heterocycles. The Morgan fingerprint density at radius 3 is 2.75 bits per heavy atom. The number of carbonyl (C=O) groups is 1. The van der Waals surface area contributed by atoms with E-state index in [1.807, 2.05) is 0 Å². The average molecular weight is 275 g/mol. The van der Waals surface area contributed by atoms with Crippen molar-refractivity contribution < 1.29 is 9.53 Å². The summed E-state index contributed by atoms with van der Waals surface area (Å²) in [6.45, 7) is 2.72. The molecule has 2 aromatic rings. The van der Waals surface area contributed by atoms with Crippen LogP contribution in [0.2, 0.25) is 0 Å². The molecular formula is C13H17N5O2. The Bertz CT molecular complexity index is 564. The second kappa shape index (κ2) is 6.76. The predicted molar refractivity (Wildman–Crippen MR) is 72.5 cm³/mol. The number of nitrogens with zero attached hydrogens (tertiary/aromatic N) is 4. The van der Waals surface area contributed by atoms with Crippen LogP contribution < -0.4 is 5.73 Å². The molecule has 1 aromatic heterocycles. The van der Waals surface area contributed by atoms with Crippen LogP contribution in [0.15, 0.2) is 24.3 Å². The lowest BCUT2D eigenvalue weighted by Crippen LogP contribution is -2.08. The van der Waals surface area contributed by atoms with E-state index in [4.69, 9.17) is 10.5 Å². The van der Waals surface area contributed by atoms with Gasteiger partial charge in [-0.25, -0.2) is 4.79 Å². The molecule has 1 aromatic carbocycles. The number of rotatable bonds is 6. The van der Waals surface area contributed by atoms with Gasteiger partial charge in [0.15, 0.2) is 5.82 Å². The molecule has 1 heterocycles. The first kappa shape index (κ1) is 14.1. The lowest BCUT2D eigenvalue weighted by molar-refractivity contribution is 0.0526. The van der Waals surface area contributed by atoms with Crippen LogP contribution in [0.25, 0.3) is 5.69 Å². The van der Waals surface area contributed by atoms with Gasteiger partial charge in [0.1, 0.15) is 0 Å². The fourth-order valence-electron chi connectivity index (χ4n) is 1.78. The summed E-state index contributed by atoms with van der Waals surface area (Å²) < 4.78 is 6.58. The summed E-state index contributed by atoms with van der Waals surface area (Å²) in [5.74, 6) is 0.415. The van der Waals surface area contributed by atoms with E-state index in [1.165, 1.54) is 0 Å². The fraction of sp³-hybridized carbons (Fsp3) is 0.385. The molecule has 7 heteroatoms. The monoisotopic (exact) mass is 275 g/mol. The van der Waals surface area contributed by atoms with Gasteiger partial charge in [0.25, 0.3) is 0 Å². The zero-order valence-electron chi connectivity index (χ0n) is 11.3. The lowest BCUT2D eigenvalue weighted by Gasteiger charge is -2.05. The molecule has 0 fully saturated rings. The molecule has 0 aliphatic carbocycles. The molecular weight excluding hydrogens is 258 g/mol. The second-order valence-corrected chi connectivity index (χ2v) is 4.17. The van der Waals surface area contributed by atoms with Crippen LogP contribution >= 0.6 is 0 Å². The Morgan fingerprint density at radius 2 is 2.10 bits per heavy atom. The highest BCUT2D eigenvalue weighted by molar-refractivity contribution is 5.89. The fourth-order valence-corrected chi connectivity index (χ4v) is 1.78. The van der Waals surface area contributed by atoms with Gasteiger partial charge in [0.05, 0.1) is 17.9 Å². The van der Waals surface area contributed by atoms with Crippen LogP contribution in [0.1, 0.15) is 29.5 Å². The second-order valence-electron chi connectivity index (χ2n) is 4.17.